The highest BCUT2D eigenvalue weighted by Gasteiger charge is 2.36. The zero-order valence-corrected chi connectivity index (χ0v) is 8.92. The monoisotopic (exact) mass is 182 g/mol. The van der Waals surface area contributed by atoms with E-state index in [0.29, 0.717) is 11.8 Å². The zero-order chi connectivity index (χ0) is 9.90. The smallest absolute Gasteiger partial charge is 0.0650 e. The van der Waals surface area contributed by atoms with Crippen LogP contribution in [0.5, 0.6) is 0 Å². The summed E-state index contributed by atoms with van der Waals surface area (Å²) in [5.74, 6) is 1.05. The Morgan fingerprint density at radius 3 is 2.85 bits per heavy atom. The number of rotatable bonds is 3. The van der Waals surface area contributed by atoms with Crippen LogP contribution in [0.15, 0.2) is 12.7 Å². The van der Waals surface area contributed by atoms with E-state index in [1.54, 1.807) is 0 Å². The number of hydrogen-bond donors (Lipinski definition) is 1. The Labute approximate surface area is 81.9 Å². The molecule has 0 spiro atoms. The van der Waals surface area contributed by atoms with E-state index in [0.717, 1.165) is 12.8 Å². The van der Waals surface area contributed by atoms with E-state index in [1.165, 1.54) is 19.3 Å². The number of hydrogen-bond acceptors (Lipinski definition) is 1. The molecule has 1 saturated carbocycles. The lowest BCUT2D eigenvalue weighted by Crippen LogP contribution is -2.40. The lowest BCUT2D eigenvalue weighted by molar-refractivity contribution is -0.0525. The van der Waals surface area contributed by atoms with E-state index in [1.807, 2.05) is 13.0 Å². The van der Waals surface area contributed by atoms with E-state index in [-0.39, 0.29) is 0 Å². The normalized spacial score (nSPS) is 37.0. The van der Waals surface area contributed by atoms with E-state index >= 15 is 0 Å². The largest absolute Gasteiger partial charge is 0.390 e. The minimum Gasteiger partial charge on any atom is -0.390 e. The second-order valence-electron chi connectivity index (χ2n) is 4.71. The third-order valence-electron chi connectivity index (χ3n) is 3.47. The molecule has 0 radical (unpaired) electrons. The molecule has 0 amide bonds. The Morgan fingerprint density at radius 2 is 2.31 bits per heavy atom. The molecular formula is C12H22O. The van der Waals surface area contributed by atoms with Gasteiger partial charge in [-0.15, -0.1) is 6.58 Å². The molecule has 1 fully saturated rings. The van der Waals surface area contributed by atoms with Crippen molar-refractivity contribution in [3.8, 4) is 0 Å². The standard InChI is InChI=1S/C12H22O/c1-4-7-10(2)11-8-5-6-9-12(11,3)13/h4,10-11,13H,1,5-9H2,2-3H3. The average Bonchev–Trinajstić information content (AvgIpc) is 2.03. The molecule has 0 aromatic rings. The summed E-state index contributed by atoms with van der Waals surface area (Å²) in [4.78, 5) is 0. The summed E-state index contributed by atoms with van der Waals surface area (Å²) in [6, 6.07) is 0. The predicted molar refractivity (Wildman–Crippen MR) is 56.6 cm³/mol. The zero-order valence-electron chi connectivity index (χ0n) is 8.92. The van der Waals surface area contributed by atoms with Crippen molar-refractivity contribution in [3.05, 3.63) is 12.7 Å². The molecule has 1 rings (SSSR count). The summed E-state index contributed by atoms with van der Waals surface area (Å²) in [6.07, 6.45) is 7.62. The Morgan fingerprint density at radius 1 is 1.62 bits per heavy atom. The van der Waals surface area contributed by atoms with Crippen molar-refractivity contribution in [2.45, 2.75) is 51.6 Å². The second kappa shape index (κ2) is 4.28. The molecule has 1 N–H and O–H groups in total. The molecule has 3 atom stereocenters. The predicted octanol–water partition coefficient (Wildman–Crippen LogP) is 3.14. The van der Waals surface area contributed by atoms with Crippen molar-refractivity contribution < 1.29 is 5.11 Å². The van der Waals surface area contributed by atoms with E-state index in [4.69, 9.17) is 0 Å². The van der Waals surface area contributed by atoms with Crippen molar-refractivity contribution >= 4 is 0 Å². The second-order valence-corrected chi connectivity index (χ2v) is 4.71. The van der Waals surface area contributed by atoms with Gasteiger partial charge in [0, 0.05) is 0 Å². The highest BCUT2D eigenvalue weighted by atomic mass is 16.3. The Bertz CT molecular complexity index is 172. The van der Waals surface area contributed by atoms with Crippen LogP contribution in [0.4, 0.5) is 0 Å². The van der Waals surface area contributed by atoms with Crippen LogP contribution in [0.2, 0.25) is 0 Å². The molecule has 0 saturated heterocycles. The van der Waals surface area contributed by atoms with Crippen molar-refractivity contribution in [1.29, 1.82) is 0 Å². The summed E-state index contributed by atoms with van der Waals surface area (Å²) in [5.41, 5.74) is -0.430. The first-order valence-electron chi connectivity index (χ1n) is 5.41. The van der Waals surface area contributed by atoms with Gasteiger partial charge in [0.15, 0.2) is 0 Å². The fourth-order valence-corrected chi connectivity index (χ4v) is 2.67. The molecule has 0 aromatic heterocycles. The maximum Gasteiger partial charge on any atom is 0.0650 e. The molecule has 1 aliphatic rings. The van der Waals surface area contributed by atoms with Crippen LogP contribution < -0.4 is 0 Å². The molecule has 1 nitrogen and oxygen atoms in total. The summed E-state index contributed by atoms with van der Waals surface area (Å²) in [6.45, 7) is 7.99. The Balaban J connectivity index is 2.59. The van der Waals surface area contributed by atoms with E-state index in [2.05, 4.69) is 13.5 Å². The van der Waals surface area contributed by atoms with Crippen molar-refractivity contribution in [2.75, 3.05) is 0 Å². The van der Waals surface area contributed by atoms with Gasteiger partial charge in [-0.1, -0.05) is 25.8 Å². The van der Waals surface area contributed by atoms with Gasteiger partial charge >= 0.3 is 0 Å². The van der Waals surface area contributed by atoms with E-state index in [9.17, 15) is 5.11 Å². The van der Waals surface area contributed by atoms with Crippen molar-refractivity contribution in [3.63, 3.8) is 0 Å². The maximum atomic E-state index is 10.2. The summed E-state index contributed by atoms with van der Waals surface area (Å²) in [7, 11) is 0. The molecular weight excluding hydrogens is 160 g/mol. The van der Waals surface area contributed by atoms with Gasteiger partial charge in [0.25, 0.3) is 0 Å². The average molecular weight is 182 g/mol. The minimum atomic E-state index is -0.430. The first-order chi connectivity index (χ1) is 6.08. The molecule has 76 valence electrons. The van der Waals surface area contributed by atoms with Crippen LogP contribution in [-0.4, -0.2) is 10.7 Å². The molecule has 0 aromatic carbocycles. The van der Waals surface area contributed by atoms with Crippen molar-refractivity contribution in [1.82, 2.24) is 0 Å². The van der Waals surface area contributed by atoms with Gasteiger partial charge in [-0.3, -0.25) is 0 Å². The summed E-state index contributed by atoms with van der Waals surface area (Å²) >= 11 is 0. The number of allylic oxidation sites excluding steroid dienone is 1. The third kappa shape index (κ3) is 2.57. The van der Waals surface area contributed by atoms with Gasteiger partial charge in [0.2, 0.25) is 0 Å². The van der Waals surface area contributed by atoms with Crippen LogP contribution in [0.25, 0.3) is 0 Å². The highest BCUT2D eigenvalue weighted by molar-refractivity contribution is 4.90. The molecule has 13 heavy (non-hydrogen) atoms. The van der Waals surface area contributed by atoms with Crippen LogP contribution in [0.1, 0.15) is 46.0 Å². The van der Waals surface area contributed by atoms with Crippen LogP contribution >= 0.6 is 0 Å². The lowest BCUT2D eigenvalue weighted by atomic mass is 9.70. The molecule has 0 aliphatic heterocycles. The van der Waals surface area contributed by atoms with Gasteiger partial charge in [0.05, 0.1) is 5.60 Å². The van der Waals surface area contributed by atoms with Gasteiger partial charge in [-0.25, -0.2) is 0 Å². The fourth-order valence-electron chi connectivity index (χ4n) is 2.67. The molecule has 0 bridgehead atoms. The topological polar surface area (TPSA) is 20.2 Å². The van der Waals surface area contributed by atoms with Gasteiger partial charge in [0.1, 0.15) is 0 Å². The Hall–Kier alpha value is -0.300. The Kier molecular flexibility index (Phi) is 3.55. The van der Waals surface area contributed by atoms with Gasteiger partial charge in [-0.2, -0.15) is 0 Å². The number of aliphatic hydroxyl groups is 1. The van der Waals surface area contributed by atoms with Crippen LogP contribution in [0, 0.1) is 11.8 Å². The molecule has 1 aliphatic carbocycles. The molecule has 1 heteroatoms. The van der Waals surface area contributed by atoms with E-state index < -0.39 is 5.60 Å². The maximum absolute atomic E-state index is 10.2. The molecule has 0 heterocycles. The third-order valence-corrected chi connectivity index (χ3v) is 3.47. The van der Waals surface area contributed by atoms with Gasteiger partial charge < -0.3 is 5.11 Å². The minimum absolute atomic E-state index is 0.430. The first kappa shape index (κ1) is 10.8. The van der Waals surface area contributed by atoms with Crippen LogP contribution in [0.3, 0.4) is 0 Å². The molecule has 3 unspecified atom stereocenters. The van der Waals surface area contributed by atoms with Gasteiger partial charge in [-0.05, 0) is 38.0 Å². The first-order valence-corrected chi connectivity index (χ1v) is 5.41. The fraction of sp³-hybridized carbons (Fsp3) is 0.833. The summed E-state index contributed by atoms with van der Waals surface area (Å²) in [5, 5.41) is 10.2. The quantitative estimate of drug-likeness (QED) is 0.665. The highest BCUT2D eigenvalue weighted by Crippen LogP contribution is 2.39. The lowest BCUT2D eigenvalue weighted by Gasteiger charge is -2.40. The van der Waals surface area contributed by atoms with Crippen LogP contribution in [-0.2, 0) is 0 Å². The summed E-state index contributed by atoms with van der Waals surface area (Å²) < 4.78 is 0. The van der Waals surface area contributed by atoms with Crippen molar-refractivity contribution in [2.24, 2.45) is 11.8 Å². The SMILES string of the molecule is C=CCC(C)C1CCCCC1(C)O.